The van der Waals surface area contributed by atoms with Crippen LogP contribution in [0.1, 0.15) is 23.9 Å². The molecule has 0 saturated carbocycles. The zero-order chi connectivity index (χ0) is 22.4. The Morgan fingerprint density at radius 3 is 2.73 bits per heavy atom. The lowest BCUT2D eigenvalue weighted by Gasteiger charge is -2.26. The lowest BCUT2D eigenvalue weighted by atomic mass is 10.1. The predicted molar refractivity (Wildman–Crippen MR) is 130 cm³/mol. The first-order chi connectivity index (χ1) is 16.2. The fraction of sp³-hybridized carbons (Fsp3) is 0.269. The number of hydrogen-bond donors (Lipinski definition) is 0. The van der Waals surface area contributed by atoms with Gasteiger partial charge in [-0.3, -0.25) is 0 Å². The second kappa shape index (κ2) is 8.30. The molecular formula is C26H24FN5S. The fourth-order valence-corrected chi connectivity index (χ4v) is 5.48. The van der Waals surface area contributed by atoms with Crippen molar-refractivity contribution < 1.29 is 4.39 Å². The van der Waals surface area contributed by atoms with Crippen molar-refractivity contribution in [2.45, 2.75) is 30.5 Å². The number of aromatic nitrogens is 4. The number of fused-ring (bicyclic) bond motifs is 2. The summed E-state index contributed by atoms with van der Waals surface area (Å²) in [5.74, 6) is 0.829. The van der Waals surface area contributed by atoms with Crippen molar-refractivity contribution in [3.8, 4) is 22.6 Å². The molecule has 0 spiro atoms. The molecule has 166 valence electrons. The molecule has 4 aromatic rings. The third-order valence-electron chi connectivity index (χ3n) is 6.64. The van der Waals surface area contributed by atoms with Crippen LogP contribution in [-0.2, 0) is 12.8 Å². The van der Waals surface area contributed by atoms with Gasteiger partial charge in [-0.15, -0.1) is 0 Å². The third kappa shape index (κ3) is 3.60. The lowest BCUT2D eigenvalue weighted by Crippen LogP contribution is -2.28. The number of halogens is 1. The van der Waals surface area contributed by atoms with E-state index in [0.717, 1.165) is 66.0 Å². The Bertz CT molecular complexity index is 1320. The zero-order valence-corrected chi connectivity index (χ0v) is 19.2. The molecule has 5 nitrogen and oxygen atoms in total. The van der Waals surface area contributed by atoms with E-state index in [1.54, 1.807) is 12.1 Å². The summed E-state index contributed by atoms with van der Waals surface area (Å²) in [6, 6.07) is 17.6. The van der Waals surface area contributed by atoms with Gasteiger partial charge in [-0.2, -0.15) is 0 Å². The van der Waals surface area contributed by atoms with E-state index in [1.165, 1.54) is 35.1 Å². The van der Waals surface area contributed by atoms with Gasteiger partial charge < -0.3 is 9.47 Å². The Morgan fingerprint density at radius 1 is 1.03 bits per heavy atom. The van der Waals surface area contributed by atoms with Crippen molar-refractivity contribution in [1.29, 1.82) is 0 Å². The molecule has 0 bridgehead atoms. The molecule has 1 atom stereocenters. The summed E-state index contributed by atoms with van der Waals surface area (Å²) in [5, 5.41) is 0.733. The number of para-hydroxylation sites is 1. The summed E-state index contributed by atoms with van der Waals surface area (Å²) in [6.07, 6.45) is 6.86. The second-order valence-electron chi connectivity index (χ2n) is 8.55. The Morgan fingerprint density at radius 2 is 1.88 bits per heavy atom. The van der Waals surface area contributed by atoms with Crippen molar-refractivity contribution >= 4 is 17.4 Å². The summed E-state index contributed by atoms with van der Waals surface area (Å²) in [7, 11) is 0. The number of thioether (sulfide) groups is 1. The van der Waals surface area contributed by atoms with Crippen LogP contribution < -0.4 is 4.90 Å². The van der Waals surface area contributed by atoms with E-state index in [-0.39, 0.29) is 5.82 Å². The smallest absolute Gasteiger partial charge is 0.187 e. The van der Waals surface area contributed by atoms with E-state index in [0.29, 0.717) is 6.04 Å². The highest BCUT2D eigenvalue weighted by atomic mass is 32.2. The molecule has 0 amide bonds. The molecule has 2 aromatic heterocycles. The molecule has 2 aromatic carbocycles. The maximum Gasteiger partial charge on any atom is 0.187 e. The van der Waals surface area contributed by atoms with Gasteiger partial charge in [-0.05, 0) is 61.1 Å². The third-order valence-corrected chi connectivity index (χ3v) is 7.20. The molecule has 0 N–H and O–H groups in total. The van der Waals surface area contributed by atoms with Gasteiger partial charge >= 0.3 is 0 Å². The van der Waals surface area contributed by atoms with E-state index in [1.807, 2.05) is 18.5 Å². The van der Waals surface area contributed by atoms with E-state index in [9.17, 15) is 4.39 Å². The Balaban J connectivity index is 1.45. The molecule has 4 heterocycles. The van der Waals surface area contributed by atoms with Crippen LogP contribution in [0.3, 0.4) is 0 Å². The quantitative estimate of drug-likeness (QED) is 0.296. The Hall–Kier alpha value is -3.19. The molecule has 7 heteroatoms. The summed E-state index contributed by atoms with van der Waals surface area (Å²) >= 11 is 1.53. The van der Waals surface area contributed by atoms with Crippen LogP contribution in [0.2, 0.25) is 0 Å². The molecule has 2 aliphatic rings. The van der Waals surface area contributed by atoms with E-state index < -0.39 is 0 Å². The van der Waals surface area contributed by atoms with Gasteiger partial charge in [0.2, 0.25) is 0 Å². The highest BCUT2D eigenvalue weighted by molar-refractivity contribution is 7.98. The van der Waals surface area contributed by atoms with Crippen LogP contribution in [0.15, 0.2) is 66.0 Å². The normalized spacial score (nSPS) is 16.8. The zero-order valence-electron chi connectivity index (χ0n) is 18.4. The van der Waals surface area contributed by atoms with Crippen molar-refractivity contribution in [3.63, 3.8) is 0 Å². The van der Waals surface area contributed by atoms with Crippen LogP contribution in [0.25, 0.3) is 22.6 Å². The minimum Gasteiger partial charge on any atom is -0.369 e. The van der Waals surface area contributed by atoms with Crippen molar-refractivity contribution in [1.82, 2.24) is 19.5 Å². The van der Waals surface area contributed by atoms with Crippen LogP contribution in [-0.4, -0.2) is 38.9 Å². The first-order valence-corrected chi connectivity index (χ1v) is 12.5. The van der Waals surface area contributed by atoms with Gasteiger partial charge in [0.25, 0.3) is 0 Å². The van der Waals surface area contributed by atoms with E-state index >= 15 is 0 Å². The van der Waals surface area contributed by atoms with Crippen molar-refractivity contribution in [2.24, 2.45) is 0 Å². The van der Waals surface area contributed by atoms with Crippen molar-refractivity contribution in [3.05, 3.63) is 78.0 Å². The molecule has 6 rings (SSSR count). The number of nitrogens with zero attached hydrogens (tertiary/aromatic N) is 5. The molecule has 2 aliphatic heterocycles. The second-order valence-corrected chi connectivity index (χ2v) is 9.32. The molecule has 33 heavy (non-hydrogen) atoms. The predicted octanol–water partition coefficient (Wildman–Crippen LogP) is 5.42. The number of benzene rings is 2. The minimum atomic E-state index is -0.246. The maximum absolute atomic E-state index is 13.6. The summed E-state index contributed by atoms with van der Waals surface area (Å²) < 4.78 is 16.0. The van der Waals surface area contributed by atoms with Gasteiger partial charge in [0.1, 0.15) is 11.6 Å². The average Bonchev–Trinajstić information content (AvgIpc) is 3.54. The number of aryl methyl sites for hydroxylation is 1. The standard InChI is InChI=1S/C26H24FN5S/c1-33-26-28-14-12-21(29-26)25-24(18-6-8-19(27)9-7-18)30-23-11-10-20(32(23)25)16-31-15-13-17-4-2-3-5-22(17)31/h2-9,12,14,20H,10-11,13,15-16H2,1H3/t20-/m0/s1. The summed E-state index contributed by atoms with van der Waals surface area (Å²) in [6.45, 7) is 1.99. The van der Waals surface area contributed by atoms with Gasteiger partial charge in [0.05, 0.1) is 23.1 Å². The van der Waals surface area contributed by atoms with Gasteiger partial charge in [0.15, 0.2) is 5.16 Å². The molecule has 0 aliphatic carbocycles. The van der Waals surface area contributed by atoms with Crippen LogP contribution in [0.4, 0.5) is 10.1 Å². The molecule has 0 fully saturated rings. The fourth-order valence-electron chi connectivity index (χ4n) is 5.12. The highest BCUT2D eigenvalue weighted by Gasteiger charge is 2.33. The van der Waals surface area contributed by atoms with Crippen LogP contribution >= 0.6 is 11.8 Å². The first-order valence-electron chi connectivity index (χ1n) is 11.3. The van der Waals surface area contributed by atoms with Crippen LogP contribution in [0, 0.1) is 5.82 Å². The minimum absolute atomic E-state index is 0.246. The van der Waals surface area contributed by atoms with E-state index in [2.05, 4.69) is 38.7 Å². The van der Waals surface area contributed by atoms with Gasteiger partial charge in [0, 0.05) is 37.0 Å². The lowest BCUT2D eigenvalue weighted by molar-refractivity contribution is 0.523. The van der Waals surface area contributed by atoms with Crippen molar-refractivity contribution in [2.75, 3.05) is 24.2 Å². The molecular weight excluding hydrogens is 433 g/mol. The number of imidazole rings is 1. The first kappa shape index (κ1) is 20.4. The monoisotopic (exact) mass is 457 g/mol. The van der Waals surface area contributed by atoms with Gasteiger partial charge in [-0.25, -0.2) is 19.3 Å². The topological polar surface area (TPSA) is 46.8 Å². The Kier molecular flexibility index (Phi) is 5.14. The summed E-state index contributed by atoms with van der Waals surface area (Å²) in [4.78, 5) is 16.7. The summed E-state index contributed by atoms with van der Waals surface area (Å²) in [5.41, 5.74) is 6.41. The van der Waals surface area contributed by atoms with Crippen LogP contribution in [0.5, 0.6) is 0 Å². The number of rotatable bonds is 5. The molecule has 0 unspecified atom stereocenters. The largest absolute Gasteiger partial charge is 0.369 e. The highest BCUT2D eigenvalue weighted by Crippen LogP contribution is 2.40. The molecule has 0 radical (unpaired) electrons. The number of anilines is 1. The molecule has 0 saturated heterocycles. The SMILES string of the molecule is CSc1nccc(-c2c(-c3ccc(F)cc3)nc3n2[C@H](CN2CCc4ccccc42)CC3)n1. The maximum atomic E-state index is 13.6. The van der Waals surface area contributed by atoms with Gasteiger partial charge in [-0.1, -0.05) is 30.0 Å². The number of hydrogen-bond acceptors (Lipinski definition) is 5. The average molecular weight is 458 g/mol. The van der Waals surface area contributed by atoms with E-state index in [4.69, 9.17) is 9.97 Å². The Labute approximate surface area is 196 Å².